The van der Waals surface area contributed by atoms with Crippen LogP contribution in [0.3, 0.4) is 0 Å². The lowest BCUT2D eigenvalue weighted by atomic mass is 10.2. The highest BCUT2D eigenvalue weighted by Crippen LogP contribution is 2.26. The number of halogens is 1. The van der Waals surface area contributed by atoms with E-state index in [9.17, 15) is 4.79 Å². The SMILES string of the molecule is CCOc1ccccc1Nc1ccc(C(=O)NCc2ccccc2Cl)cn1. The summed E-state index contributed by atoms with van der Waals surface area (Å²) in [5.41, 5.74) is 2.17. The van der Waals surface area contributed by atoms with E-state index in [1.807, 2.05) is 49.4 Å². The van der Waals surface area contributed by atoms with Crippen molar-refractivity contribution in [1.29, 1.82) is 0 Å². The second kappa shape index (κ2) is 9.05. The van der Waals surface area contributed by atoms with E-state index in [0.717, 1.165) is 17.0 Å². The first kappa shape index (κ1) is 18.7. The van der Waals surface area contributed by atoms with Crippen molar-refractivity contribution in [3.05, 3.63) is 83.0 Å². The number of amides is 1. The smallest absolute Gasteiger partial charge is 0.253 e. The predicted molar refractivity (Wildman–Crippen MR) is 108 cm³/mol. The number of hydrogen-bond acceptors (Lipinski definition) is 4. The first-order valence-corrected chi connectivity index (χ1v) is 9.01. The highest BCUT2D eigenvalue weighted by atomic mass is 35.5. The van der Waals surface area contributed by atoms with Crippen LogP contribution >= 0.6 is 11.6 Å². The van der Waals surface area contributed by atoms with Crippen molar-refractivity contribution in [2.45, 2.75) is 13.5 Å². The van der Waals surface area contributed by atoms with E-state index in [1.54, 1.807) is 18.2 Å². The molecule has 0 spiro atoms. The Morgan fingerprint density at radius 1 is 1.07 bits per heavy atom. The van der Waals surface area contributed by atoms with Crippen LogP contribution in [0.25, 0.3) is 0 Å². The Labute approximate surface area is 163 Å². The van der Waals surface area contributed by atoms with E-state index in [4.69, 9.17) is 16.3 Å². The third kappa shape index (κ3) is 4.99. The lowest BCUT2D eigenvalue weighted by molar-refractivity contribution is 0.0950. The van der Waals surface area contributed by atoms with E-state index >= 15 is 0 Å². The van der Waals surface area contributed by atoms with Crippen LogP contribution in [0.1, 0.15) is 22.8 Å². The molecule has 0 aliphatic heterocycles. The van der Waals surface area contributed by atoms with Crippen molar-refractivity contribution in [3.8, 4) is 5.75 Å². The Balaban J connectivity index is 1.63. The normalized spacial score (nSPS) is 10.3. The van der Waals surface area contributed by atoms with Gasteiger partial charge in [0.15, 0.2) is 0 Å². The minimum atomic E-state index is -0.205. The highest BCUT2D eigenvalue weighted by Gasteiger charge is 2.08. The van der Waals surface area contributed by atoms with Gasteiger partial charge in [-0.1, -0.05) is 41.9 Å². The number of pyridine rings is 1. The highest BCUT2D eigenvalue weighted by molar-refractivity contribution is 6.31. The third-order valence-electron chi connectivity index (χ3n) is 3.87. The van der Waals surface area contributed by atoms with E-state index in [0.29, 0.717) is 29.6 Å². The van der Waals surface area contributed by atoms with Crippen molar-refractivity contribution >= 4 is 29.0 Å². The van der Waals surface area contributed by atoms with Gasteiger partial charge < -0.3 is 15.4 Å². The van der Waals surface area contributed by atoms with Crippen molar-refractivity contribution in [1.82, 2.24) is 10.3 Å². The number of nitrogens with one attached hydrogen (secondary N) is 2. The first-order chi connectivity index (χ1) is 13.2. The number of carbonyl (C=O) groups is 1. The molecule has 0 aliphatic carbocycles. The first-order valence-electron chi connectivity index (χ1n) is 8.64. The van der Waals surface area contributed by atoms with Gasteiger partial charge in [-0.3, -0.25) is 4.79 Å². The van der Waals surface area contributed by atoms with Gasteiger partial charge in [0, 0.05) is 17.8 Å². The van der Waals surface area contributed by atoms with Crippen LogP contribution < -0.4 is 15.4 Å². The Morgan fingerprint density at radius 3 is 2.59 bits per heavy atom. The fourth-order valence-electron chi connectivity index (χ4n) is 2.51. The third-order valence-corrected chi connectivity index (χ3v) is 4.24. The van der Waals surface area contributed by atoms with Gasteiger partial charge in [0.1, 0.15) is 11.6 Å². The van der Waals surface area contributed by atoms with Crippen LogP contribution in [0.15, 0.2) is 66.9 Å². The van der Waals surface area contributed by atoms with Crippen molar-refractivity contribution in [2.24, 2.45) is 0 Å². The molecule has 1 amide bonds. The van der Waals surface area contributed by atoms with Crippen LogP contribution in [0.5, 0.6) is 5.75 Å². The number of anilines is 2. The summed E-state index contributed by atoms with van der Waals surface area (Å²) >= 11 is 6.10. The fraction of sp³-hybridized carbons (Fsp3) is 0.143. The summed E-state index contributed by atoms with van der Waals surface area (Å²) < 4.78 is 5.59. The Hall–Kier alpha value is -3.05. The molecule has 2 N–H and O–H groups in total. The summed E-state index contributed by atoms with van der Waals surface area (Å²) in [6.07, 6.45) is 1.54. The van der Waals surface area contributed by atoms with Crippen molar-refractivity contribution < 1.29 is 9.53 Å². The number of rotatable bonds is 7. The number of nitrogens with zero attached hydrogens (tertiary/aromatic N) is 1. The molecule has 0 unspecified atom stereocenters. The second-order valence-electron chi connectivity index (χ2n) is 5.76. The van der Waals surface area contributed by atoms with Crippen molar-refractivity contribution in [2.75, 3.05) is 11.9 Å². The van der Waals surface area contributed by atoms with Gasteiger partial charge >= 0.3 is 0 Å². The quantitative estimate of drug-likeness (QED) is 0.616. The molecular weight excluding hydrogens is 362 g/mol. The molecule has 0 fully saturated rings. The summed E-state index contributed by atoms with van der Waals surface area (Å²) in [6, 6.07) is 18.5. The van der Waals surface area contributed by atoms with E-state index in [2.05, 4.69) is 15.6 Å². The number of ether oxygens (including phenoxy) is 1. The molecule has 27 heavy (non-hydrogen) atoms. The summed E-state index contributed by atoms with van der Waals surface area (Å²) in [5, 5.41) is 6.68. The van der Waals surface area contributed by atoms with E-state index < -0.39 is 0 Å². The molecule has 3 aromatic rings. The molecule has 1 aromatic heterocycles. The number of carbonyl (C=O) groups excluding carboxylic acids is 1. The van der Waals surface area contributed by atoms with Gasteiger partial charge in [-0.25, -0.2) is 4.98 Å². The average Bonchev–Trinajstić information content (AvgIpc) is 2.69. The molecular formula is C21H20ClN3O2. The summed E-state index contributed by atoms with van der Waals surface area (Å²) in [4.78, 5) is 16.6. The van der Waals surface area contributed by atoms with Gasteiger partial charge in [0.25, 0.3) is 5.91 Å². The van der Waals surface area contributed by atoms with Crippen LogP contribution in [0, 0.1) is 0 Å². The molecule has 5 nitrogen and oxygen atoms in total. The second-order valence-corrected chi connectivity index (χ2v) is 6.17. The molecule has 6 heteroatoms. The largest absolute Gasteiger partial charge is 0.492 e. The van der Waals surface area contributed by atoms with Crippen LogP contribution in [-0.2, 0) is 6.54 Å². The number of hydrogen-bond donors (Lipinski definition) is 2. The summed E-state index contributed by atoms with van der Waals surface area (Å²) in [5.74, 6) is 1.18. The van der Waals surface area contributed by atoms with Gasteiger partial charge in [-0.15, -0.1) is 0 Å². The zero-order valence-corrected chi connectivity index (χ0v) is 15.7. The Kier molecular flexibility index (Phi) is 6.28. The zero-order chi connectivity index (χ0) is 19.1. The summed E-state index contributed by atoms with van der Waals surface area (Å²) in [6.45, 7) is 2.88. The fourth-order valence-corrected chi connectivity index (χ4v) is 2.71. The number of para-hydroxylation sites is 2. The van der Waals surface area contributed by atoms with Gasteiger partial charge in [-0.2, -0.15) is 0 Å². The maximum absolute atomic E-state index is 12.3. The van der Waals surface area contributed by atoms with Crippen LogP contribution in [0.4, 0.5) is 11.5 Å². The van der Waals surface area contributed by atoms with Gasteiger partial charge in [0.2, 0.25) is 0 Å². The lowest BCUT2D eigenvalue weighted by Gasteiger charge is -2.12. The molecule has 0 saturated carbocycles. The van der Waals surface area contributed by atoms with Gasteiger partial charge in [-0.05, 0) is 42.8 Å². The lowest BCUT2D eigenvalue weighted by Crippen LogP contribution is -2.23. The molecule has 0 radical (unpaired) electrons. The zero-order valence-electron chi connectivity index (χ0n) is 14.9. The van der Waals surface area contributed by atoms with E-state index in [1.165, 1.54) is 6.20 Å². The molecule has 2 aromatic carbocycles. The summed E-state index contributed by atoms with van der Waals surface area (Å²) in [7, 11) is 0. The van der Waals surface area contributed by atoms with Crippen molar-refractivity contribution in [3.63, 3.8) is 0 Å². The van der Waals surface area contributed by atoms with E-state index in [-0.39, 0.29) is 5.91 Å². The topological polar surface area (TPSA) is 63.2 Å². The molecule has 0 bridgehead atoms. The molecule has 138 valence electrons. The minimum absolute atomic E-state index is 0.205. The predicted octanol–water partition coefficient (Wildman–Crippen LogP) is 4.81. The molecule has 0 atom stereocenters. The Bertz CT molecular complexity index is 913. The van der Waals surface area contributed by atoms with Crippen LogP contribution in [0.2, 0.25) is 5.02 Å². The minimum Gasteiger partial charge on any atom is -0.492 e. The standard InChI is InChI=1S/C21H20ClN3O2/c1-2-27-19-10-6-5-9-18(19)25-20-12-11-16(14-23-20)21(26)24-13-15-7-3-4-8-17(15)22/h3-12,14H,2,13H2,1H3,(H,23,25)(H,24,26). The van der Waals surface area contributed by atoms with Crippen LogP contribution in [-0.4, -0.2) is 17.5 Å². The maximum Gasteiger partial charge on any atom is 0.253 e. The Morgan fingerprint density at radius 2 is 1.85 bits per heavy atom. The molecule has 1 heterocycles. The molecule has 0 aliphatic rings. The average molecular weight is 382 g/mol. The monoisotopic (exact) mass is 381 g/mol. The number of benzene rings is 2. The molecule has 0 saturated heterocycles. The number of aromatic nitrogens is 1. The maximum atomic E-state index is 12.3. The van der Waals surface area contributed by atoms with Gasteiger partial charge in [0.05, 0.1) is 17.9 Å². The molecule has 3 rings (SSSR count).